The molecule has 0 spiro atoms. The molecule has 0 radical (unpaired) electrons. The van der Waals surface area contributed by atoms with Gasteiger partial charge >= 0.3 is 5.69 Å². The molecule has 0 aliphatic heterocycles. The topological polar surface area (TPSA) is 119 Å². The molecule has 8 heteroatoms. The molecule has 0 atom stereocenters. The highest BCUT2D eigenvalue weighted by Gasteiger charge is 2.16. The molecule has 4 N–H and O–H groups in total. The van der Waals surface area contributed by atoms with Crippen LogP contribution in [0.5, 0.6) is 0 Å². The van der Waals surface area contributed by atoms with Gasteiger partial charge in [0, 0.05) is 18.0 Å². The molecule has 0 aliphatic carbocycles. The third-order valence-electron chi connectivity index (χ3n) is 4.26. The molecule has 3 heterocycles. The van der Waals surface area contributed by atoms with Gasteiger partial charge in [0.25, 0.3) is 5.91 Å². The Morgan fingerprint density at radius 2 is 1.93 bits per heavy atom. The second-order valence-electron chi connectivity index (χ2n) is 6.33. The van der Waals surface area contributed by atoms with E-state index in [9.17, 15) is 9.59 Å². The van der Waals surface area contributed by atoms with Gasteiger partial charge in [-0.05, 0) is 19.1 Å². The van der Waals surface area contributed by atoms with E-state index in [1.807, 2.05) is 49.4 Å². The van der Waals surface area contributed by atoms with Gasteiger partial charge in [-0.1, -0.05) is 35.9 Å². The Bertz CT molecular complexity index is 1160. The molecule has 0 bridgehead atoms. The number of nitrogens with zero attached hydrogens (tertiary/aromatic N) is 2. The Kier molecular flexibility index (Phi) is 4.59. The van der Waals surface area contributed by atoms with Crippen LogP contribution in [0, 0.1) is 6.92 Å². The van der Waals surface area contributed by atoms with Crippen LogP contribution in [0.2, 0.25) is 0 Å². The van der Waals surface area contributed by atoms with Gasteiger partial charge in [-0.15, -0.1) is 0 Å². The SMILES string of the molecule is Cc1ccc(-c2nc(CNC(=O)c3c[nH]c(=O)[nH]3)[nH]c2-c2ccccn2)cc1. The number of carbonyl (C=O) groups is 1. The number of aromatic nitrogens is 5. The van der Waals surface area contributed by atoms with Crippen molar-refractivity contribution in [1.29, 1.82) is 0 Å². The number of imidazole rings is 2. The third kappa shape index (κ3) is 3.61. The molecular formula is C20H18N6O2. The van der Waals surface area contributed by atoms with Crippen LogP contribution in [0.1, 0.15) is 21.9 Å². The number of hydrogen-bond donors (Lipinski definition) is 4. The predicted octanol–water partition coefficient (Wildman–Crippen LogP) is 2.39. The van der Waals surface area contributed by atoms with Crippen LogP contribution in [0.25, 0.3) is 22.6 Å². The molecule has 140 valence electrons. The van der Waals surface area contributed by atoms with Gasteiger partial charge in [0.2, 0.25) is 0 Å². The number of pyridine rings is 1. The Morgan fingerprint density at radius 1 is 1.11 bits per heavy atom. The first-order valence-corrected chi connectivity index (χ1v) is 8.73. The van der Waals surface area contributed by atoms with E-state index in [2.05, 4.69) is 30.2 Å². The Hall–Kier alpha value is -3.94. The van der Waals surface area contributed by atoms with Crippen molar-refractivity contribution < 1.29 is 4.79 Å². The lowest BCUT2D eigenvalue weighted by molar-refractivity contribution is 0.0945. The van der Waals surface area contributed by atoms with E-state index >= 15 is 0 Å². The van der Waals surface area contributed by atoms with Gasteiger partial charge in [-0.2, -0.15) is 0 Å². The molecule has 0 aliphatic rings. The van der Waals surface area contributed by atoms with Crippen molar-refractivity contribution in [2.75, 3.05) is 0 Å². The number of carbonyl (C=O) groups excluding carboxylic acids is 1. The van der Waals surface area contributed by atoms with E-state index in [0.29, 0.717) is 5.82 Å². The molecule has 4 aromatic rings. The smallest absolute Gasteiger partial charge is 0.323 e. The quantitative estimate of drug-likeness (QED) is 0.429. The van der Waals surface area contributed by atoms with Crippen molar-refractivity contribution in [3.05, 3.63) is 82.4 Å². The molecule has 1 aromatic carbocycles. The summed E-state index contributed by atoms with van der Waals surface area (Å²) in [6.07, 6.45) is 3.05. The number of nitrogens with one attached hydrogen (secondary N) is 4. The maximum atomic E-state index is 12.1. The highest BCUT2D eigenvalue weighted by atomic mass is 16.2. The molecule has 1 amide bonds. The Balaban J connectivity index is 1.64. The zero-order chi connectivity index (χ0) is 19.5. The summed E-state index contributed by atoms with van der Waals surface area (Å²) in [5.41, 5.74) is 4.16. The maximum Gasteiger partial charge on any atom is 0.323 e. The fourth-order valence-corrected chi connectivity index (χ4v) is 2.84. The first-order chi connectivity index (χ1) is 13.6. The number of benzene rings is 1. The molecule has 28 heavy (non-hydrogen) atoms. The number of rotatable bonds is 5. The summed E-state index contributed by atoms with van der Waals surface area (Å²) in [4.78, 5) is 40.4. The summed E-state index contributed by atoms with van der Waals surface area (Å²) < 4.78 is 0. The molecule has 0 saturated heterocycles. The number of H-pyrrole nitrogens is 3. The number of hydrogen-bond acceptors (Lipinski definition) is 4. The molecule has 3 aromatic heterocycles. The largest absolute Gasteiger partial charge is 0.343 e. The van der Waals surface area contributed by atoms with Crippen LogP contribution in [-0.2, 0) is 6.54 Å². The highest BCUT2D eigenvalue weighted by molar-refractivity contribution is 5.91. The molecule has 8 nitrogen and oxygen atoms in total. The van der Waals surface area contributed by atoms with Crippen molar-refractivity contribution in [3.63, 3.8) is 0 Å². The van der Waals surface area contributed by atoms with Crippen molar-refractivity contribution in [3.8, 4) is 22.6 Å². The summed E-state index contributed by atoms with van der Waals surface area (Å²) in [5.74, 6) is 0.188. The van der Waals surface area contributed by atoms with Crippen molar-refractivity contribution in [2.24, 2.45) is 0 Å². The minimum Gasteiger partial charge on any atom is -0.343 e. The molecule has 0 fully saturated rings. The van der Waals surface area contributed by atoms with E-state index in [0.717, 1.165) is 28.2 Å². The Morgan fingerprint density at radius 3 is 2.61 bits per heavy atom. The minimum atomic E-state index is -0.428. The first kappa shape index (κ1) is 17.5. The minimum absolute atomic E-state index is 0.167. The first-order valence-electron chi connectivity index (χ1n) is 8.73. The van der Waals surface area contributed by atoms with Crippen LogP contribution in [-0.4, -0.2) is 30.8 Å². The average Bonchev–Trinajstić information content (AvgIpc) is 3.34. The summed E-state index contributed by atoms with van der Waals surface area (Å²) in [6, 6.07) is 13.7. The van der Waals surface area contributed by atoms with Crippen LogP contribution >= 0.6 is 0 Å². The van der Waals surface area contributed by atoms with Gasteiger partial charge in [0.05, 0.1) is 23.6 Å². The number of aromatic amines is 3. The predicted molar refractivity (Wildman–Crippen MR) is 105 cm³/mol. The number of amides is 1. The summed E-state index contributed by atoms with van der Waals surface area (Å²) in [6.45, 7) is 2.21. The normalized spacial score (nSPS) is 10.8. The van der Waals surface area contributed by atoms with E-state index in [1.165, 1.54) is 6.20 Å². The van der Waals surface area contributed by atoms with Gasteiger partial charge in [0.1, 0.15) is 11.5 Å². The monoisotopic (exact) mass is 374 g/mol. The fourth-order valence-electron chi connectivity index (χ4n) is 2.84. The second-order valence-corrected chi connectivity index (χ2v) is 6.33. The fraction of sp³-hybridized carbons (Fsp3) is 0.100. The molecule has 0 unspecified atom stereocenters. The molecule has 4 rings (SSSR count). The lowest BCUT2D eigenvalue weighted by Crippen LogP contribution is -2.24. The van der Waals surface area contributed by atoms with E-state index in [1.54, 1.807) is 6.20 Å². The van der Waals surface area contributed by atoms with Crippen molar-refractivity contribution in [1.82, 2.24) is 30.2 Å². The van der Waals surface area contributed by atoms with Crippen LogP contribution in [0.4, 0.5) is 0 Å². The lowest BCUT2D eigenvalue weighted by atomic mass is 10.1. The standard InChI is InChI=1S/C20H18N6O2/c1-12-5-7-13(8-6-12)17-18(14-4-2-3-9-21-14)26-16(25-17)11-22-19(27)15-10-23-20(28)24-15/h2-10H,11H2,1H3,(H,22,27)(H,25,26)(H2,23,24,28). The summed E-state index contributed by atoms with van der Waals surface area (Å²) in [5, 5.41) is 2.74. The summed E-state index contributed by atoms with van der Waals surface area (Å²) >= 11 is 0. The third-order valence-corrected chi connectivity index (χ3v) is 4.26. The zero-order valence-electron chi connectivity index (χ0n) is 15.1. The second kappa shape index (κ2) is 7.36. The molecule has 0 saturated carbocycles. The van der Waals surface area contributed by atoms with E-state index in [4.69, 9.17) is 0 Å². The maximum absolute atomic E-state index is 12.1. The van der Waals surface area contributed by atoms with E-state index in [-0.39, 0.29) is 12.2 Å². The van der Waals surface area contributed by atoms with Crippen molar-refractivity contribution >= 4 is 5.91 Å². The van der Waals surface area contributed by atoms with E-state index < -0.39 is 11.6 Å². The van der Waals surface area contributed by atoms with Gasteiger partial charge < -0.3 is 20.3 Å². The number of aryl methyl sites for hydroxylation is 1. The highest BCUT2D eigenvalue weighted by Crippen LogP contribution is 2.29. The van der Waals surface area contributed by atoms with Crippen LogP contribution in [0.15, 0.2) is 59.7 Å². The lowest BCUT2D eigenvalue weighted by Gasteiger charge is -2.02. The van der Waals surface area contributed by atoms with Gasteiger partial charge in [-0.3, -0.25) is 9.78 Å². The van der Waals surface area contributed by atoms with Gasteiger partial charge in [0.15, 0.2) is 0 Å². The van der Waals surface area contributed by atoms with Crippen LogP contribution in [0.3, 0.4) is 0 Å². The average molecular weight is 374 g/mol. The summed E-state index contributed by atoms with van der Waals surface area (Å²) in [7, 11) is 0. The van der Waals surface area contributed by atoms with Crippen molar-refractivity contribution in [2.45, 2.75) is 13.5 Å². The van der Waals surface area contributed by atoms with Gasteiger partial charge in [-0.25, -0.2) is 9.78 Å². The Labute approximate surface area is 160 Å². The van der Waals surface area contributed by atoms with Crippen LogP contribution < -0.4 is 11.0 Å². The zero-order valence-corrected chi connectivity index (χ0v) is 15.1. The molecular weight excluding hydrogens is 356 g/mol.